The summed E-state index contributed by atoms with van der Waals surface area (Å²) in [6.45, 7) is 8.24. The van der Waals surface area contributed by atoms with Gasteiger partial charge in [0.15, 0.2) is 5.78 Å². The van der Waals surface area contributed by atoms with Crippen LogP contribution in [0.25, 0.3) is 0 Å². The smallest absolute Gasteiger partial charge is 0.410 e. The van der Waals surface area contributed by atoms with Crippen LogP contribution in [0.4, 0.5) is 4.79 Å². The van der Waals surface area contributed by atoms with Crippen LogP contribution in [-0.2, 0) is 4.74 Å². The molecule has 0 N–H and O–H groups in total. The predicted molar refractivity (Wildman–Crippen MR) is 80.6 cm³/mol. The number of Topliss-reactive ketones (excluding diaryl/α,β-unsaturated/α-hetero) is 1. The molecule has 1 aromatic heterocycles. The summed E-state index contributed by atoms with van der Waals surface area (Å²) in [5.41, 5.74) is -0.118. The fraction of sp³-hybridized carbons (Fsp3) is 0.600. The zero-order chi connectivity index (χ0) is 16.2. The summed E-state index contributed by atoms with van der Waals surface area (Å²) in [5.74, 6) is -0.0566. The molecule has 1 aromatic rings. The van der Waals surface area contributed by atoms with Crippen LogP contribution in [0.15, 0.2) is 18.6 Å². The number of carbonyl (C=O) groups is 2. The molecule has 0 radical (unpaired) electrons. The first-order valence-electron chi connectivity index (χ1n) is 7.35. The normalized spacial score (nSPS) is 16.4. The van der Waals surface area contributed by atoms with Gasteiger partial charge in [-0.1, -0.05) is 0 Å². The van der Waals surface area contributed by atoms with Crippen molar-refractivity contribution in [2.45, 2.75) is 26.4 Å². The number of hydrogen-bond acceptors (Lipinski definition) is 6. The fourth-order valence-corrected chi connectivity index (χ4v) is 2.14. The quantitative estimate of drug-likeness (QED) is 0.781. The van der Waals surface area contributed by atoms with Crippen molar-refractivity contribution in [1.29, 1.82) is 0 Å². The van der Waals surface area contributed by atoms with Crippen molar-refractivity contribution in [3.63, 3.8) is 0 Å². The second-order valence-electron chi connectivity index (χ2n) is 6.26. The van der Waals surface area contributed by atoms with Crippen LogP contribution in [0.2, 0.25) is 0 Å². The molecule has 120 valence electrons. The minimum Gasteiger partial charge on any atom is -0.444 e. The second kappa shape index (κ2) is 6.83. The van der Waals surface area contributed by atoms with Crippen LogP contribution in [0.5, 0.6) is 0 Å². The molecule has 7 heteroatoms. The minimum atomic E-state index is -0.490. The fourth-order valence-electron chi connectivity index (χ4n) is 2.14. The molecule has 1 aliphatic heterocycles. The number of aromatic nitrogens is 2. The maximum absolute atomic E-state index is 12.1. The van der Waals surface area contributed by atoms with E-state index >= 15 is 0 Å². The third-order valence-electron chi connectivity index (χ3n) is 3.24. The van der Waals surface area contributed by atoms with Gasteiger partial charge in [0.1, 0.15) is 11.3 Å². The molecule has 0 spiro atoms. The van der Waals surface area contributed by atoms with Crippen molar-refractivity contribution in [3.8, 4) is 0 Å². The van der Waals surface area contributed by atoms with E-state index in [1.807, 2.05) is 25.7 Å². The lowest BCUT2D eigenvalue weighted by molar-refractivity contribution is 0.0149. The Balaban J connectivity index is 1.80. The van der Waals surface area contributed by atoms with Gasteiger partial charge in [0, 0.05) is 38.6 Å². The number of ketones is 1. The number of carbonyl (C=O) groups excluding carboxylic acids is 2. The van der Waals surface area contributed by atoms with Gasteiger partial charge >= 0.3 is 6.09 Å². The number of ether oxygens (including phenoxy) is 1. The first-order valence-corrected chi connectivity index (χ1v) is 7.35. The summed E-state index contributed by atoms with van der Waals surface area (Å²) < 4.78 is 5.35. The summed E-state index contributed by atoms with van der Waals surface area (Å²) in [6, 6.07) is 0. The number of rotatable bonds is 3. The molecule has 0 saturated carbocycles. The maximum Gasteiger partial charge on any atom is 0.410 e. The average molecular weight is 306 g/mol. The molecule has 2 heterocycles. The van der Waals surface area contributed by atoms with Gasteiger partial charge in [0.2, 0.25) is 0 Å². The molecule has 1 saturated heterocycles. The number of nitrogens with zero attached hydrogens (tertiary/aromatic N) is 4. The molecule has 0 atom stereocenters. The molecule has 1 aliphatic rings. The maximum atomic E-state index is 12.1. The van der Waals surface area contributed by atoms with Crippen molar-refractivity contribution < 1.29 is 14.3 Å². The van der Waals surface area contributed by atoms with Crippen molar-refractivity contribution >= 4 is 11.9 Å². The largest absolute Gasteiger partial charge is 0.444 e. The molecule has 7 nitrogen and oxygen atoms in total. The molecular formula is C15H22N4O3. The Morgan fingerprint density at radius 1 is 1.18 bits per heavy atom. The zero-order valence-electron chi connectivity index (χ0n) is 13.3. The minimum absolute atomic E-state index is 0.0566. The van der Waals surface area contributed by atoms with Gasteiger partial charge in [-0.2, -0.15) is 0 Å². The highest BCUT2D eigenvalue weighted by Crippen LogP contribution is 2.12. The number of amides is 1. The van der Waals surface area contributed by atoms with E-state index in [1.165, 1.54) is 18.6 Å². The van der Waals surface area contributed by atoms with Crippen LogP contribution in [0.3, 0.4) is 0 Å². The van der Waals surface area contributed by atoms with Crippen LogP contribution in [0, 0.1) is 0 Å². The van der Waals surface area contributed by atoms with Crippen molar-refractivity contribution in [1.82, 2.24) is 19.8 Å². The van der Waals surface area contributed by atoms with Crippen molar-refractivity contribution in [3.05, 3.63) is 24.3 Å². The van der Waals surface area contributed by atoms with Gasteiger partial charge in [0.05, 0.1) is 12.7 Å². The SMILES string of the molecule is CC(C)(C)OC(=O)N1CCN(CC(=O)c2cnccn2)CC1. The van der Waals surface area contributed by atoms with Gasteiger partial charge < -0.3 is 9.64 Å². The molecule has 0 aliphatic carbocycles. The highest BCUT2D eigenvalue weighted by atomic mass is 16.6. The highest BCUT2D eigenvalue weighted by molar-refractivity contribution is 5.95. The molecule has 0 bridgehead atoms. The first kappa shape index (κ1) is 16.4. The lowest BCUT2D eigenvalue weighted by atomic mass is 10.2. The van der Waals surface area contributed by atoms with E-state index in [-0.39, 0.29) is 11.9 Å². The molecule has 1 amide bonds. The van der Waals surface area contributed by atoms with Crippen molar-refractivity contribution in [2.75, 3.05) is 32.7 Å². The molecule has 1 fully saturated rings. The van der Waals surface area contributed by atoms with E-state index in [9.17, 15) is 9.59 Å². The molecule has 0 aromatic carbocycles. The van der Waals surface area contributed by atoms with Gasteiger partial charge in [-0.25, -0.2) is 9.78 Å². The van der Waals surface area contributed by atoms with Crippen LogP contribution in [-0.4, -0.2) is 70.0 Å². The van der Waals surface area contributed by atoms with Gasteiger partial charge in [-0.05, 0) is 20.8 Å². The van der Waals surface area contributed by atoms with Crippen LogP contribution < -0.4 is 0 Å². The second-order valence-corrected chi connectivity index (χ2v) is 6.26. The summed E-state index contributed by atoms with van der Waals surface area (Å²) in [7, 11) is 0. The Labute approximate surface area is 130 Å². The third-order valence-corrected chi connectivity index (χ3v) is 3.24. The highest BCUT2D eigenvalue weighted by Gasteiger charge is 2.26. The Morgan fingerprint density at radius 3 is 2.41 bits per heavy atom. The molecule has 2 rings (SSSR count). The summed E-state index contributed by atoms with van der Waals surface area (Å²) in [6.07, 6.45) is 4.22. The number of hydrogen-bond donors (Lipinski definition) is 0. The Morgan fingerprint density at radius 2 is 1.86 bits per heavy atom. The Bertz CT molecular complexity index is 519. The summed E-state index contributed by atoms with van der Waals surface area (Å²) in [5, 5.41) is 0. The summed E-state index contributed by atoms with van der Waals surface area (Å²) >= 11 is 0. The molecule has 0 unspecified atom stereocenters. The average Bonchev–Trinajstić information content (AvgIpc) is 2.47. The van der Waals surface area contributed by atoms with Crippen molar-refractivity contribution in [2.24, 2.45) is 0 Å². The lowest BCUT2D eigenvalue weighted by Crippen LogP contribution is -2.51. The molecular weight excluding hydrogens is 284 g/mol. The van der Waals surface area contributed by atoms with E-state index in [1.54, 1.807) is 4.90 Å². The topological polar surface area (TPSA) is 75.6 Å². The zero-order valence-corrected chi connectivity index (χ0v) is 13.3. The van der Waals surface area contributed by atoms with Crippen LogP contribution >= 0.6 is 0 Å². The molecule has 22 heavy (non-hydrogen) atoms. The van der Waals surface area contributed by atoms with Gasteiger partial charge in [0.25, 0.3) is 0 Å². The van der Waals surface area contributed by atoms with Gasteiger partial charge in [-0.15, -0.1) is 0 Å². The first-order chi connectivity index (χ1) is 10.3. The van der Waals surface area contributed by atoms with Crippen LogP contribution in [0.1, 0.15) is 31.3 Å². The van der Waals surface area contributed by atoms with E-state index in [0.717, 1.165) is 0 Å². The predicted octanol–water partition coefficient (Wildman–Crippen LogP) is 1.21. The third kappa shape index (κ3) is 4.77. The summed E-state index contributed by atoms with van der Waals surface area (Å²) in [4.78, 5) is 35.6. The van der Waals surface area contributed by atoms with E-state index in [2.05, 4.69) is 9.97 Å². The Hall–Kier alpha value is -2.02. The van der Waals surface area contributed by atoms with E-state index in [4.69, 9.17) is 4.74 Å². The van der Waals surface area contributed by atoms with Gasteiger partial charge in [-0.3, -0.25) is 14.7 Å². The van der Waals surface area contributed by atoms with E-state index in [0.29, 0.717) is 38.4 Å². The lowest BCUT2D eigenvalue weighted by Gasteiger charge is -2.35. The standard InChI is InChI=1S/C15H22N4O3/c1-15(2,3)22-14(21)19-8-6-18(7-9-19)11-13(20)12-10-16-4-5-17-12/h4-5,10H,6-9,11H2,1-3H3. The Kier molecular flexibility index (Phi) is 5.07. The number of piperazine rings is 1. The van der Waals surface area contributed by atoms with E-state index < -0.39 is 5.60 Å². The monoisotopic (exact) mass is 306 g/mol.